The van der Waals surface area contributed by atoms with Crippen LogP contribution in [0.15, 0.2) is 109 Å². The molecule has 4 heteroatoms. The summed E-state index contributed by atoms with van der Waals surface area (Å²) in [5.41, 5.74) is 8.14. The Morgan fingerprint density at radius 2 is 1.38 bits per heavy atom. The van der Waals surface area contributed by atoms with Crippen LogP contribution < -0.4 is 4.74 Å². The van der Waals surface area contributed by atoms with Gasteiger partial charge in [-0.1, -0.05) is 84.9 Å². The number of carbonyl (C=O) groups excluding carboxylic acids is 1. The lowest BCUT2D eigenvalue weighted by atomic mass is 9.97. The van der Waals surface area contributed by atoms with Gasteiger partial charge in [0.1, 0.15) is 12.4 Å². The van der Waals surface area contributed by atoms with Gasteiger partial charge in [0.05, 0.1) is 6.61 Å². The van der Waals surface area contributed by atoms with Gasteiger partial charge in [-0.15, -0.1) is 0 Å². The third-order valence-electron chi connectivity index (χ3n) is 6.54. The molecule has 0 amide bonds. The lowest BCUT2D eigenvalue weighted by Crippen LogP contribution is -2.28. The number of hydrogen-bond donors (Lipinski definition) is 0. The predicted molar refractivity (Wildman–Crippen MR) is 159 cm³/mol. The molecule has 0 radical (unpaired) electrons. The number of benzene rings is 4. The second-order valence-corrected chi connectivity index (χ2v) is 9.27. The maximum atomic E-state index is 12.1. The van der Waals surface area contributed by atoms with Crippen molar-refractivity contribution in [1.29, 1.82) is 0 Å². The van der Waals surface area contributed by atoms with Crippen molar-refractivity contribution in [3.05, 3.63) is 120 Å². The van der Waals surface area contributed by atoms with Crippen LogP contribution >= 0.6 is 0 Å². The second-order valence-electron chi connectivity index (χ2n) is 9.27. The summed E-state index contributed by atoms with van der Waals surface area (Å²) in [6.07, 6.45) is 1.97. The molecule has 4 aromatic rings. The first-order valence-electron chi connectivity index (χ1n) is 13.5. The summed E-state index contributed by atoms with van der Waals surface area (Å²) >= 11 is 0. The Labute approximate surface area is 231 Å². The lowest BCUT2D eigenvalue weighted by Gasteiger charge is -2.15. The van der Waals surface area contributed by atoms with Crippen LogP contribution in [0.4, 0.5) is 0 Å². The number of hydrogen-bond acceptors (Lipinski definition) is 4. The Kier molecular flexibility index (Phi) is 10.1. The van der Waals surface area contributed by atoms with Crippen molar-refractivity contribution in [3.8, 4) is 28.0 Å². The first-order chi connectivity index (χ1) is 19.1. The van der Waals surface area contributed by atoms with Gasteiger partial charge in [-0.2, -0.15) is 0 Å². The van der Waals surface area contributed by atoms with Gasteiger partial charge in [-0.05, 0) is 84.0 Å². The minimum atomic E-state index is -0.591. The Balaban J connectivity index is 1.33. The van der Waals surface area contributed by atoms with Gasteiger partial charge >= 0.3 is 5.97 Å². The third-order valence-corrected chi connectivity index (χ3v) is 6.54. The van der Waals surface area contributed by atoms with Gasteiger partial charge in [0.2, 0.25) is 0 Å². The van der Waals surface area contributed by atoms with Gasteiger partial charge in [-0.3, -0.25) is 0 Å². The molecule has 0 aliphatic heterocycles. The predicted octanol–water partition coefficient (Wildman–Crippen LogP) is 8.01. The normalized spacial score (nSPS) is 12.1. The minimum absolute atomic E-state index is 0.325. The summed E-state index contributed by atoms with van der Waals surface area (Å²) < 4.78 is 16.6. The highest BCUT2D eigenvalue weighted by molar-refractivity contribution is 5.75. The zero-order valence-corrected chi connectivity index (χ0v) is 22.9. The van der Waals surface area contributed by atoms with Crippen molar-refractivity contribution >= 4 is 11.5 Å². The molecule has 0 N–H and O–H groups in total. The molecule has 0 unspecified atom stereocenters. The number of ether oxygens (including phenoxy) is 3. The number of carbonyl (C=O) groups is 1. The van der Waals surface area contributed by atoms with Gasteiger partial charge in [0.15, 0.2) is 6.10 Å². The summed E-state index contributed by atoms with van der Waals surface area (Å²) in [5, 5.41) is 0. The monoisotopic (exact) mass is 520 g/mol. The zero-order chi connectivity index (χ0) is 27.5. The van der Waals surface area contributed by atoms with E-state index in [1.807, 2.05) is 37.3 Å². The van der Waals surface area contributed by atoms with E-state index in [9.17, 15) is 4.79 Å². The van der Waals surface area contributed by atoms with E-state index in [0.29, 0.717) is 26.2 Å². The molecule has 4 aromatic carbocycles. The highest BCUT2D eigenvalue weighted by atomic mass is 16.6. The summed E-state index contributed by atoms with van der Waals surface area (Å²) in [6.45, 7) is 7.04. The van der Waals surface area contributed by atoms with E-state index >= 15 is 0 Å². The Morgan fingerprint density at radius 1 is 0.744 bits per heavy atom. The quantitative estimate of drug-likeness (QED) is 0.178. The number of rotatable bonds is 12. The molecule has 0 aromatic heterocycles. The van der Waals surface area contributed by atoms with Crippen LogP contribution in [-0.2, 0) is 20.7 Å². The SMILES string of the molecule is CCOC(=O)[C@H](Cc1ccc(OC/C=C(\C)c2ccc(-c3cccc(-c4ccccc4)c3)cc2)cc1)OCC. The first-order valence-corrected chi connectivity index (χ1v) is 13.5. The smallest absolute Gasteiger partial charge is 0.335 e. The molecule has 0 heterocycles. The van der Waals surface area contributed by atoms with E-state index in [4.69, 9.17) is 14.2 Å². The highest BCUT2D eigenvalue weighted by Crippen LogP contribution is 2.27. The molecular weight excluding hydrogens is 484 g/mol. The molecule has 0 fully saturated rings. The fourth-order valence-electron chi connectivity index (χ4n) is 4.40. The summed E-state index contributed by atoms with van der Waals surface area (Å²) in [6, 6.07) is 35.5. The van der Waals surface area contributed by atoms with Gasteiger partial charge in [0, 0.05) is 13.0 Å². The Hall–Kier alpha value is -4.15. The van der Waals surface area contributed by atoms with E-state index in [1.54, 1.807) is 6.92 Å². The average molecular weight is 521 g/mol. The summed E-state index contributed by atoms with van der Waals surface area (Å²) in [7, 11) is 0. The molecule has 4 rings (SSSR count). The van der Waals surface area contributed by atoms with Crippen LogP contribution in [0.1, 0.15) is 31.9 Å². The van der Waals surface area contributed by atoms with E-state index in [-0.39, 0.29) is 5.97 Å². The average Bonchev–Trinajstić information content (AvgIpc) is 2.98. The maximum absolute atomic E-state index is 12.1. The zero-order valence-electron chi connectivity index (χ0n) is 22.9. The lowest BCUT2D eigenvalue weighted by molar-refractivity contribution is -0.156. The van der Waals surface area contributed by atoms with Crippen LogP contribution in [-0.4, -0.2) is 31.9 Å². The molecule has 4 nitrogen and oxygen atoms in total. The molecular formula is C35H36O4. The molecule has 0 aliphatic carbocycles. The van der Waals surface area contributed by atoms with Crippen molar-refractivity contribution < 1.29 is 19.0 Å². The van der Waals surface area contributed by atoms with Crippen molar-refractivity contribution in [2.24, 2.45) is 0 Å². The molecule has 0 saturated carbocycles. The second kappa shape index (κ2) is 14.1. The van der Waals surface area contributed by atoms with Crippen molar-refractivity contribution in [2.75, 3.05) is 19.8 Å². The van der Waals surface area contributed by atoms with Gasteiger partial charge in [0.25, 0.3) is 0 Å². The van der Waals surface area contributed by atoms with E-state index < -0.39 is 6.10 Å². The van der Waals surface area contributed by atoms with Crippen molar-refractivity contribution in [3.63, 3.8) is 0 Å². The molecule has 39 heavy (non-hydrogen) atoms. The molecule has 0 spiro atoms. The summed E-state index contributed by atoms with van der Waals surface area (Å²) in [4.78, 5) is 12.1. The molecule has 0 saturated heterocycles. The Morgan fingerprint density at radius 3 is 2.03 bits per heavy atom. The molecule has 0 bridgehead atoms. The topological polar surface area (TPSA) is 44.8 Å². The largest absolute Gasteiger partial charge is 0.490 e. The number of esters is 1. The molecule has 0 aliphatic rings. The van der Waals surface area contributed by atoms with E-state index in [1.165, 1.54) is 22.3 Å². The summed E-state index contributed by atoms with van der Waals surface area (Å²) in [5.74, 6) is 0.453. The van der Waals surface area contributed by atoms with Crippen LogP contribution in [0.3, 0.4) is 0 Å². The van der Waals surface area contributed by atoms with Crippen molar-refractivity contribution in [1.82, 2.24) is 0 Å². The van der Waals surface area contributed by atoms with Crippen LogP contribution in [0, 0.1) is 0 Å². The van der Waals surface area contributed by atoms with Crippen LogP contribution in [0.2, 0.25) is 0 Å². The van der Waals surface area contributed by atoms with E-state index in [2.05, 4.69) is 85.8 Å². The minimum Gasteiger partial charge on any atom is -0.490 e. The van der Waals surface area contributed by atoms with Crippen LogP contribution in [0.25, 0.3) is 27.8 Å². The fraction of sp³-hybridized carbons (Fsp3) is 0.229. The van der Waals surface area contributed by atoms with Gasteiger partial charge in [-0.25, -0.2) is 4.79 Å². The van der Waals surface area contributed by atoms with E-state index in [0.717, 1.165) is 22.4 Å². The van der Waals surface area contributed by atoms with Crippen molar-refractivity contribution in [2.45, 2.75) is 33.3 Å². The maximum Gasteiger partial charge on any atom is 0.335 e. The highest BCUT2D eigenvalue weighted by Gasteiger charge is 2.20. The first kappa shape index (κ1) is 27.9. The standard InChI is InChI=1S/C35H36O4/c1-4-37-34(35(36)38-5-2)24-27-14-20-33(21-15-27)39-23-22-26(3)28-16-18-30(19-17-28)32-13-9-12-31(25-32)29-10-7-6-8-11-29/h6-22,25,34H,4-5,23-24H2,1-3H3/b26-22+/t34-/m0/s1. The van der Waals surface area contributed by atoms with Crippen LogP contribution in [0.5, 0.6) is 5.75 Å². The number of allylic oxidation sites excluding steroid dienone is 1. The fourth-order valence-corrected chi connectivity index (χ4v) is 4.40. The Bertz CT molecular complexity index is 1360. The molecule has 200 valence electrons. The third kappa shape index (κ3) is 7.92. The van der Waals surface area contributed by atoms with Gasteiger partial charge < -0.3 is 14.2 Å². The molecule has 1 atom stereocenters.